The number of aliphatic hydroxyl groups is 2. The SMILES string of the molecule is CC(Oc1ncnc2c1ncn2[C@@H]1O[C@H](C)[C@@H](O)[C@H]1O)c1ccc(OC(F)F)cc1. The van der Waals surface area contributed by atoms with Gasteiger partial charge in [0.2, 0.25) is 5.88 Å². The molecule has 0 amide bonds. The van der Waals surface area contributed by atoms with Gasteiger partial charge in [0.15, 0.2) is 17.4 Å². The molecule has 5 atom stereocenters. The van der Waals surface area contributed by atoms with Crippen molar-refractivity contribution in [1.82, 2.24) is 19.5 Å². The third kappa shape index (κ3) is 3.78. The fraction of sp³-hybridized carbons (Fsp3) is 0.421. The van der Waals surface area contributed by atoms with Gasteiger partial charge in [-0.25, -0.2) is 9.97 Å². The Hall–Kier alpha value is -2.89. The van der Waals surface area contributed by atoms with Crippen LogP contribution in [0.1, 0.15) is 31.7 Å². The average Bonchev–Trinajstić information content (AvgIpc) is 3.25. The molecule has 30 heavy (non-hydrogen) atoms. The number of halogens is 2. The molecular weight excluding hydrogens is 402 g/mol. The second-order valence-electron chi connectivity index (χ2n) is 6.92. The predicted molar refractivity (Wildman–Crippen MR) is 99.0 cm³/mol. The Balaban J connectivity index is 1.56. The van der Waals surface area contributed by atoms with Crippen LogP contribution in [0.5, 0.6) is 11.6 Å². The highest BCUT2D eigenvalue weighted by molar-refractivity contribution is 5.76. The maximum absolute atomic E-state index is 12.3. The Kier molecular flexibility index (Phi) is 5.50. The molecule has 1 aliphatic rings. The van der Waals surface area contributed by atoms with Crippen LogP contribution in [0.2, 0.25) is 0 Å². The Morgan fingerprint density at radius 3 is 2.43 bits per heavy atom. The molecule has 0 saturated carbocycles. The third-order valence-electron chi connectivity index (χ3n) is 4.94. The van der Waals surface area contributed by atoms with Gasteiger partial charge in [0.25, 0.3) is 0 Å². The molecule has 9 nitrogen and oxygen atoms in total. The van der Waals surface area contributed by atoms with Gasteiger partial charge >= 0.3 is 6.61 Å². The number of rotatable bonds is 6. The lowest BCUT2D eigenvalue weighted by Crippen LogP contribution is -2.30. The zero-order chi connectivity index (χ0) is 21.4. The van der Waals surface area contributed by atoms with Gasteiger partial charge in [-0.15, -0.1) is 0 Å². The van der Waals surface area contributed by atoms with Crippen LogP contribution in [0.25, 0.3) is 11.2 Å². The zero-order valence-electron chi connectivity index (χ0n) is 16.1. The summed E-state index contributed by atoms with van der Waals surface area (Å²) in [6.07, 6.45) is -1.29. The second kappa shape index (κ2) is 8.09. The molecule has 2 N–H and O–H groups in total. The molecule has 1 fully saturated rings. The normalized spacial score (nSPS) is 25.0. The number of hydrogen-bond acceptors (Lipinski definition) is 8. The Morgan fingerprint density at radius 2 is 1.80 bits per heavy atom. The third-order valence-corrected chi connectivity index (χ3v) is 4.94. The average molecular weight is 422 g/mol. The molecule has 4 rings (SSSR count). The first-order chi connectivity index (χ1) is 14.3. The molecule has 3 aromatic rings. The molecule has 11 heteroatoms. The van der Waals surface area contributed by atoms with Crippen LogP contribution in [0, 0.1) is 0 Å². The predicted octanol–water partition coefficient (Wildman–Crippen LogP) is 2.21. The highest BCUT2D eigenvalue weighted by atomic mass is 19.3. The van der Waals surface area contributed by atoms with Crippen LogP contribution < -0.4 is 9.47 Å². The molecule has 0 aliphatic carbocycles. The summed E-state index contributed by atoms with van der Waals surface area (Å²) in [5, 5.41) is 20.2. The van der Waals surface area contributed by atoms with E-state index in [0.29, 0.717) is 16.7 Å². The lowest BCUT2D eigenvalue weighted by Gasteiger charge is -2.17. The number of benzene rings is 1. The van der Waals surface area contributed by atoms with Crippen molar-refractivity contribution in [2.24, 2.45) is 0 Å². The Morgan fingerprint density at radius 1 is 1.07 bits per heavy atom. The molecule has 1 aliphatic heterocycles. The minimum Gasteiger partial charge on any atom is -0.468 e. The lowest BCUT2D eigenvalue weighted by atomic mass is 10.1. The van der Waals surface area contributed by atoms with Crippen molar-refractivity contribution in [3.8, 4) is 11.6 Å². The first-order valence-corrected chi connectivity index (χ1v) is 9.25. The van der Waals surface area contributed by atoms with Crippen molar-refractivity contribution in [1.29, 1.82) is 0 Å². The number of alkyl halides is 2. The molecule has 0 bridgehead atoms. The highest BCUT2D eigenvalue weighted by Crippen LogP contribution is 2.33. The summed E-state index contributed by atoms with van der Waals surface area (Å²) in [4.78, 5) is 12.6. The van der Waals surface area contributed by atoms with Gasteiger partial charge < -0.3 is 24.4 Å². The van der Waals surface area contributed by atoms with Crippen LogP contribution in [0.15, 0.2) is 36.9 Å². The monoisotopic (exact) mass is 422 g/mol. The van der Waals surface area contributed by atoms with E-state index in [-0.39, 0.29) is 11.6 Å². The van der Waals surface area contributed by atoms with Crippen LogP contribution in [-0.2, 0) is 4.74 Å². The van der Waals surface area contributed by atoms with E-state index in [0.717, 1.165) is 0 Å². The van der Waals surface area contributed by atoms with Crippen molar-refractivity contribution in [2.75, 3.05) is 0 Å². The maximum atomic E-state index is 12.3. The number of ether oxygens (including phenoxy) is 3. The van der Waals surface area contributed by atoms with Gasteiger partial charge in [0, 0.05) is 0 Å². The Labute approximate surface area is 169 Å². The zero-order valence-corrected chi connectivity index (χ0v) is 16.1. The summed E-state index contributed by atoms with van der Waals surface area (Å²) in [5.41, 5.74) is 1.44. The van der Waals surface area contributed by atoms with Crippen LogP contribution in [0.4, 0.5) is 8.78 Å². The number of imidazole rings is 1. The minimum absolute atomic E-state index is 0.0515. The standard InChI is InChI=1S/C19H20F2N4O5/c1-9(11-3-5-12(6-4-11)30-19(20)21)28-17-13-16(22-7-23-17)25(8-24-13)18-15(27)14(26)10(2)29-18/h3-10,14-15,18-19,26-27H,1-2H3/t9?,10-,14-,15-,18-/m1/s1. The fourth-order valence-electron chi connectivity index (χ4n) is 3.32. The summed E-state index contributed by atoms with van der Waals surface area (Å²) < 4.78 is 42.0. The van der Waals surface area contributed by atoms with Crippen molar-refractivity contribution in [2.45, 2.75) is 51.1 Å². The van der Waals surface area contributed by atoms with Gasteiger partial charge in [0.1, 0.15) is 30.4 Å². The summed E-state index contributed by atoms with van der Waals surface area (Å²) in [6, 6.07) is 6.09. The van der Waals surface area contributed by atoms with Crippen molar-refractivity contribution in [3.05, 3.63) is 42.5 Å². The number of nitrogens with zero attached hydrogens (tertiary/aromatic N) is 4. The molecule has 0 spiro atoms. The summed E-state index contributed by atoms with van der Waals surface area (Å²) in [5.74, 6) is 0.260. The van der Waals surface area contributed by atoms with Crippen molar-refractivity contribution in [3.63, 3.8) is 0 Å². The number of fused-ring (bicyclic) bond motifs is 1. The molecule has 2 aromatic heterocycles. The summed E-state index contributed by atoms with van der Waals surface area (Å²) >= 11 is 0. The van der Waals surface area contributed by atoms with E-state index in [2.05, 4.69) is 19.7 Å². The molecule has 1 unspecified atom stereocenters. The van der Waals surface area contributed by atoms with Crippen LogP contribution in [-0.4, -0.2) is 54.7 Å². The van der Waals surface area contributed by atoms with Gasteiger partial charge in [-0.1, -0.05) is 12.1 Å². The van der Waals surface area contributed by atoms with E-state index in [1.807, 2.05) is 0 Å². The summed E-state index contributed by atoms with van der Waals surface area (Å²) in [6.45, 7) is 0.548. The molecular formula is C19H20F2N4O5. The molecule has 3 heterocycles. The molecule has 1 saturated heterocycles. The number of hydrogen-bond donors (Lipinski definition) is 2. The largest absolute Gasteiger partial charge is 0.468 e. The van der Waals surface area contributed by atoms with E-state index in [4.69, 9.17) is 9.47 Å². The van der Waals surface area contributed by atoms with Gasteiger partial charge in [0.05, 0.1) is 12.4 Å². The van der Waals surface area contributed by atoms with Gasteiger partial charge in [-0.05, 0) is 31.5 Å². The first kappa shape index (κ1) is 20.4. The van der Waals surface area contributed by atoms with E-state index in [9.17, 15) is 19.0 Å². The fourth-order valence-corrected chi connectivity index (χ4v) is 3.32. The van der Waals surface area contributed by atoms with Crippen LogP contribution >= 0.6 is 0 Å². The van der Waals surface area contributed by atoms with E-state index >= 15 is 0 Å². The lowest BCUT2D eigenvalue weighted by molar-refractivity contribution is -0.0498. The Bertz CT molecular complexity index is 1020. The van der Waals surface area contributed by atoms with Gasteiger partial charge in [-0.3, -0.25) is 4.57 Å². The highest BCUT2D eigenvalue weighted by Gasteiger charge is 2.42. The minimum atomic E-state index is -2.89. The summed E-state index contributed by atoms with van der Waals surface area (Å²) in [7, 11) is 0. The number of aliphatic hydroxyl groups excluding tert-OH is 2. The van der Waals surface area contributed by atoms with Crippen molar-refractivity contribution >= 4 is 11.2 Å². The molecule has 0 radical (unpaired) electrons. The van der Waals surface area contributed by atoms with E-state index < -0.39 is 37.3 Å². The number of aromatic nitrogens is 4. The topological polar surface area (TPSA) is 112 Å². The van der Waals surface area contributed by atoms with E-state index in [1.54, 1.807) is 26.0 Å². The quantitative estimate of drug-likeness (QED) is 0.622. The van der Waals surface area contributed by atoms with Gasteiger partial charge in [-0.2, -0.15) is 13.8 Å². The molecule has 1 aromatic carbocycles. The smallest absolute Gasteiger partial charge is 0.387 e. The first-order valence-electron chi connectivity index (χ1n) is 9.25. The van der Waals surface area contributed by atoms with Crippen molar-refractivity contribution < 1.29 is 33.2 Å². The molecule has 160 valence electrons. The second-order valence-corrected chi connectivity index (χ2v) is 6.92. The van der Waals surface area contributed by atoms with Crippen LogP contribution in [0.3, 0.4) is 0 Å². The van der Waals surface area contributed by atoms with E-state index in [1.165, 1.54) is 29.4 Å². The maximum Gasteiger partial charge on any atom is 0.387 e.